The summed E-state index contributed by atoms with van der Waals surface area (Å²) < 4.78 is 0. The molecule has 0 rings (SSSR count). The number of carbonyl (C=O) groups is 2. The van der Waals surface area contributed by atoms with Gasteiger partial charge in [0.1, 0.15) is 6.04 Å². The van der Waals surface area contributed by atoms with Crippen molar-refractivity contribution in [3.63, 3.8) is 0 Å². The Morgan fingerprint density at radius 1 is 1.45 bits per heavy atom. The second-order valence-electron chi connectivity index (χ2n) is 1.95. The Morgan fingerprint density at radius 3 is 2.18 bits per heavy atom. The minimum atomic E-state index is -1.11. The van der Waals surface area contributed by atoms with Crippen LogP contribution >= 0.6 is 12.4 Å². The molecule has 0 aliphatic rings. The predicted octanol–water partition coefficient (Wildman–Crippen LogP) is -0.914. The average molecular weight is 183 g/mol. The van der Waals surface area contributed by atoms with Gasteiger partial charge in [-0.15, -0.1) is 12.4 Å². The minimum Gasteiger partial charge on any atom is -0.480 e. The fraction of sp³-hybridized carbons (Fsp3) is 0.600. The van der Waals surface area contributed by atoms with Crippen molar-refractivity contribution in [3.05, 3.63) is 0 Å². The molecule has 0 aromatic heterocycles. The van der Waals surface area contributed by atoms with E-state index in [1.807, 2.05) is 0 Å². The van der Waals surface area contributed by atoms with Crippen molar-refractivity contribution in [2.45, 2.75) is 18.9 Å². The molecule has 0 aliphatic heterocycles. The number of carboxylic acids is 1. The molecule has 0 saturated heterocycles. The summed E-state index contributed by atoms with van der Waals surface area (Å²) in [5, 5.41) is 8.22. The number of primary amides is 1. The molecule has 11 heavy (non-hydrogen) atoms. The van der Waals surface area contributed by atoms with Gasteiger partial charge >= 0.3 is 5.97 Å². The van der Waals surface area contributed by atoms with Gasteiger partial charge in [-0.1, -0.05) is 0 Å². The maximum atomic E-state index is 10.1. The van der Waals surface area contributed by atoms with Crippen molar-refractivity contribution in [3.8, 4) is 0 Å². The monoisotopic (exact) mass is 182 g/mol. The van der Waals surface area contributed by atoms with Crippen LogP contribution in [-0.2, 0) is 9.59 Å². The number of carboxylic acid groups (broad SMARTS) is 1. The Bertz CT molecular complexity index is 151. The summed E-state index contributed by atoms with van der Waals surface area (Å²) in [5.74, 6) is -1.64. The van der Waals surface area contributed by atoms with Gasteiger partial charge < -0.3 is 16.6 Å². The molecule has 0 spiro atoms. The van der Waals surface area contributed by atoms with Crippen LogP contribution in [0.3, 0.4) is 0 Å². The molecule has 5 nitrogen and oxygen atoms in total. The highest BCUT2D eigenvalue weighted by Crippen LogP contribution is 1.92. The van der Waals surface area contributed by atoms with E-state index < -0.39 is 17.9 Å². The fourth-order valence-corrected chi connectivity index (χ4v) is 0.421. The van der Waals surface area contributed by atoms with Crippen molar-refractivity contribution in [2.24, 2.45) is 11.5 Å². The summed E-state index contributed by atoms with van der Waals surface area (Å²) in [6, 6.07) is -0.979. The molecule has 5 N–H and O–H groups in total. The molecule has 6 heteroatoms. The number of rotatable bonds is 4. The number of hydrogen-bond donors (Lipinski definition) is 3. The molecule has 0 fully saturated rings. The standard InChI is InChI=1S/C5H10N2O3.ClH/c6-3(5(9)10)1-2-4(7)8;/h3H,1-2,6H2,(H2,7,8)(H,9,10);1H/t3-;/m1./s1. The smallest absolute Gasteiger partial charge is 0.320 e. The van der Waals surface area contributed by atoms with Crippen LogP contribution in [0, 0.1) is 0 Å². The van der Waals surface area contributed by atoms with Crippen LogP contribution < -0.4 is 11.5 Å². The number of halogens is 1. The van der Waals surface area contributed by atoms with Crippen molar-refractivity contribution in [1.29, 1.82) is 0 Å². The number of aliphatic carboxylic acids is 1. The molecule has 0 radical (unpaired) electrons. The highest BCUT2D eigenvalue weighted by Gasteiger charge is 2.11. The van der Waals surface area contributed by atoms with E-state index in [-0.39, 0.29) is 25.2 Å². The average Bonchev–Trinajstić information content (AvgIpc) is 1.82. The predicted molar refractivity (Wildman–Crippen MR) is 41.3 cm³/mol. The van der Waals surface area contributed by atoms with Gasteiger partial charge in [0, 0.05) is 6.42 Å². The van der Waals surface area contributed by atoms with Gasteiger partial charge in [0.15, 0.2) is 0 Å². The first-order valence-electron chi connectivity index (χ1n) is 2.80. The Labute approximate surface area is 70.1 Å². The third-order valence-corrected chi connectivity index (χ3v) is 1.02. The maximum absolute atomic E-state index is 10.1. The second-order valence-corrected chi connectivity index (χ2v) is 1.95. The molecule has 0 heterocycles. The Balaban J connectivity index is 0. The van der Waals surface area contributed by atoms with Gasteiger partial charge in [0.25, 0.3) is 0 Å². The summed E-state index contributed by atoms with van der Waals surface area (Å²) in [7, 11) is 0. The van der Waals surface area contributed by atoms with Crippen LogP contribution in [0.1, 0.15) is 12.8 Å². The van der Waals surface area contributed by atoms with Gasteiger partial charge in [0.05, 0.1) is 0 Å². The number of hydrogen-bond acceptors (Lipinski definition) is 3. The zero-order valence-electron chi connectivity index (χ0n) is 5.82. The molecule has 0 bridgehead atoms. The van der Waals surface area contributed by atoms with E-state index >= 15 is 0 Å². The zero-order chi connectivity index (χ0) is 8.15. The third-order valence-electron chi connectivity index (χ3n) is 1.02. The molecular formula is C5H11ClN2O3. The summed E-state index contributed by atoms with van der Waals surface area (Å²) in [6.45, 7) is 0. The topological polar surface area (TPSA) is 106 Å². The molecule has 0 unspecified atom stereocenters. The quantitative estimate of drug-likeness (QED) is 0.523. The Hall–Kier alpha value is -0.810. The summed E-state index contributed by atoms with van der Waals surface area (Å²) >= 11 is 0. The first-order valence-corrected chi connectivity index (χ1v) is 2.80. The lowest BCUT2D eigenvalue weighted by Gasteiger charge is -2.01. The van der Waals surface area contributed by atoms with Crippen molar-refractivity contribution >= 4 is 24.3 Å². The van der Waals surface area contributed by atoms with E-state index in [9.17, 15) is 9.59 Å². The van der Waals surface area contributed by atoms with Crippen LogP contribution in [0.4, 0.5) is 0 Å². The van der Waals surface area contributed by atoms with Crippen LogP contribution in [-0.4, -0.2) is 23.0 Å². The summed E-state index contributed by atoms with van der Waals surface area (Å²) in [6.07, 6.45) is 0.123. The van der Waals surface area contributed by atoms with Crippen molar-refractivity contribution < 1.29 is 14.7 Å². The van der Waals surface area contributed by atoms with Crippen molar-refractivity contribution in [1.82, 2.24) is 0 Å². The largest absolute Gasteiger partial charge is 0.480 e. The molecule has 66 valence electrons. The van der Waals surface area contributed by atoms with E-state index in [0.29, 0.717) is 0 Å². The third kappa shape index (κ3) is 7.08. The molecule has 0 saturated carbocycles. The molecule has 0 aromatic carbocycles. The van der Waals surface area contributed by atoms with E-state index in [2.05, 4.69) is 0 Å². The first-order chi connectivity index (χ1) is 4.54. The van der Waals surface area contributed by atoms with E-state index in [0.717, 1.165) is 0 Å². The SMILES string of the molecule is Cl.NC(=O)CC[C@@H](N)C(=O)O. The van der Waals surface area contributed by atoms with Crippen molar-refractivity contribution in [2.75, 3.05) is 0 Å². The highest BCUT2D eigenvalue weighted by molar-refractivity contribution is 5.85. The molecular weight excluding hydrogens is 172 g/mol. The van der Waals surface area contributed by atoms with Gasteiger partial charge in [-0.3, -0.25) is 9.59 Å². The number of carbonyl (C=O) groups excluding carboxylic acids is 1. The maximum Gasteiger partial charge on any atom is 0.320 e. The molecule has 0 aliphatic carbocycles. The lowest BCUT2D eigenvalue weighted by Crippen LogP contribution is -2.31. The summed E-state index contributed by atoms with van der Waals surface area (Å²) in [4.78, 5) is 20.1. The molecule has 1 atom stereocenters. The van der Waals surface area contributed by atoms with Gasteiger partial charge in [-0.05, 0) is 6.42 Å². The van der Waals surface area contributed by atoms with Crippen LogP contribution in [0.25, 0.3) is 0 Å². The zero-order valence-corrected chi connectivity index (χ0v) is 6.63. The van der Waals surface area contributed by atoms with Gasteiger partial charge in [-0.25, -0.2) is 0 Å². The highest BCUT2D eigenvalue weighted by atomic mass is 35.5. The van der Waals surface area contributed by atoms with E-state index in [1.54, 1.807) is 0 Å². The van der Waals surface area contributed by atoms with E-state index in [4.69, 9.17) is 16.6 Å². The van der Waals surface area contributed by atoms with Crippen LogP contribution in [0.2, 0.25) is 0 Å². The fourth-order valence-electron chi connectivity index (χ4n) is 0.421. The molecule has 1 amide bonds. The number of amides is 1. The first kappa shape index (κ1) is 12.8. The van der Waals surface area contributed by atoms with E-state index in [1.165, 1.54) is 0 Å². The summed E-state index contributed by atoms with van der Waals surface area (Å²) in [5.41, 5.74) is 9.81. The normalized spacial score (nSPS) is 11.4. The minimum absolute atomic E-state index is 0. The molecule has 0 aromatic rings. The lowest BCUT2D eigenvalue weighted by atomic mass is 10.2. The lowest BCUT2D eigenvalue weighted by molar-refractivity contribution is -0.138. The van der Waals surface area contributed by atoms with Crippen LogP contribution in [0.5, 0.6) is 0 Å². The van der Waals surface area contributed by atoms with Crippen LogP contribution in [0.15, 0.2) is 0 Å². The Morgan fingerprint density at radius 2 is 1.91 bits per heavy atom. The van der Waals surface area contributed by atoms with Gasteiger partial charge in [0.2, 0.25) is 5.91 Å². The second kappa shape index (κ2) is 5.94. The number of nitrogens with two attached hydrogens (primary N) is 2. The van der Waals surface area contributed by atoms with Gasteiger partial charge in [-0.2, -0.15) is 0 Å². The Kier molecular flexibility index (Phi) is 6.92.